The number of amides is 1. The lowest BCUT2D eigenvalue weighted by Crippen LogP contribution is -2.52. The van der Waals surface area contributed by atoms with Gasteiger partial charge in [0.25, 0.3) is 5.91 Å². The maximum Gasteiger partial charge on any atom is 0.255 e. The Hall–Kier alpha value is -2.25. The van der Waals surface area contributed by atoms with Gasteiger partial charge in [0.05, 0.1) is 27.7 Å². The van der Waals surface area contributed by atoms with Gasteiger partial charge in [0.2, 0.25) is 0 Å². The zero-order valence-electron chi connectivity index (χ0n) is 15.3. The number of piperazine rings is 1. The summed E-state index contributed by atoms with van der Waals surface area (Å²) in [6.07, 6.45) is 1.78. The fourth-order valence-electron chi connectivity index (χ4n) is 3.42. The first-order chi connectivity index (χ1) is 12.6. The van der Waals surface area contributed by atoms with Crippen LogP contribution in [0.25, 0.3) is 21.6 Å². The van der Waals surface area contributed by atoms with Gasteiger partial charge in [-0.05, 0) is 38.3 Å². The Kier molecular flexibility index (Phi) is 4.50. The van der Waals surface area contributed by atoms with Crippen molar-refractivity contribution >= 4 is 28.3 Å². The molecule has 0 bridgehead atoms. The SMILES string of the molecule is CC(C)n1ncc2c(C(=O)N3CCNC[C@@H]3C)cc(-c3cccs3)nc21. The summed E-state index contributed by atoms with van der Waals surface area (Å²) < 4.78 is 1.89. The molecule has 1 N–H and O–H groups in total. The number of rotatable bonds is 3. The molecule has 1 saturated heterocycles. The molecule has 1 atom stereocenters. The van der Waals surface area contributed by atoms with Crippen molar-refractivity contribution in [3.63, 3.8) is 0 Å². The Morgan fingerprint density at radius 3 is 2.96 bits per heavy atom. The quantitative estimate of drug-likeness (QED) is 0.770. The lowest BCUT2D eigenvalue weighted by molar-refractivity contribution is 0.0658. The fraction of sp³-hybridized carbons (Fsp3) is 0.421. The van der Waals surface area contributed by atoms with Crippen molar-refractivity contribution in [1.29, 1.82) is 0 Å². The molecule has 6 nitrogen and oxygen atoms in total. The molecule has 3 aromatic heterocycles. The van der Waals surface area contributed by atoms with Gasteiger partial charge in [-0.1, -0.05) is 6.07 Å². The monoisotopic (exact) mass is 369 g/mol. The van der Waals surface area contributed by atoms with Gasteiger partial charge in [-0.15, -0.1) is 11.3 Å². The van der Waals surface area contributed by atoms with Crippen LogP contribution >= 0.6 is 11.3 Å². The average molecular weight is 369 g/mol. The van der Waals surface area contributed by atoms with E-state index in [4.69, 9.17) is 4.98 Å². The Bertz CT molecular complexity index is 931. The number of nitrogens with zero attached hydrogens (tertiary/aromatic N) is 4. The molecular weight excluding hydrogens is 346 g/mol. The van der Waals surface area contributed by atoms with Gasteiger partial charge in [0.1, 0.15) is 0 Å². The number of pyridine rings is 1. The zero-order valence-corrected chi connectivity index (χ0v) is 16.1. The Balaban J connectivity index is 1.88. The summed E-state index contributed by atoms with van der Waals surface area (Å²) in [4.78, 5) is 21.2. The van der Waals surface area contributed by atoms with E-state index in [0.29, 0.717) is 5.56 Å². The molecule has 0 saturated carbocycles. The summed E-state index contributed by atoms with van der Waals surface area (Å²) in [5.41, 5.74) is 2.30. The van der Waals surface area contributed by atoms with Crippen LogP contribution in [-0.4, -0.2) is 51.2 Å². The summed E-state index contributed by atoms with van der Waals surface area (Å²) in [6.45, 7) is 8.60. The highest BCUT2D eigenvalue weighted by Crippen LogP contribution is 2.30. The third-order valence-corrected chi connectivity index (χ3v) is 5.71. The number of carbonyl (C=O) groups excluding carboxylic acids is 1. The van der Waals surface area contributed by atoms with E-state index in [2.05, 4.69) is 31.2 Å². The summed E-state index contributed by atoms with van der Waals surface area (Å²) >= 11 is 1.63. The lowest BCUT2D eigenvalue weighted by Gasteiger charge is -2.34. The van der Waals surface area contributed by atoms with E-state index in [0.717, 1.165) is 41.2 Å². The van der Waals surface area contributed by atoms with Crippen LogP contribution in [0, 0.1) is 0 Å². The molecule has 1 fully saturated rings. The van der Waals surface area contributed by atoms with Crippen LogP contribution in [-0.2, 0) is 0 Å². The molecule has 0 aliphatic carbocycles. The Morgan fingerprint density at radius 1 is 1.42 bits per heavy atom. The largest absolute Gasteiger partial charge is 0.333 e. The first-order valence-electron chi connectivity index (χ1n) is 9.00. The Labute approximate surface area is 156 Å². The van der Waals surface area contributed by atoms with Crippen LogP contribution in [0.4, 0.5) is 0 Å². The topological polar surface area (TPSA) is 63.1 Å². The van der Waals surface area contributed by atoms with Gasteiger partial charge in [0, 0.05) is 31.7 Å². The van der Waals surface area contributed by atoms with Crippen LogP contribution in [0.2, 0.25) is 0 Å². The van der Waals surface area contributed by atoms with Gasteiger partial charge >= 0.3 is 0 Å². The number of hydrogen-bond acceptors (Lipinski definition) is 5. The number of thiophene rings is 1. The van der Waals surface area contributed by atoms with Crippen LogP contribution in [0.3, 0.4) is 0 Å². The molecule has 7 heteroatoms. The number of carbonyl (C=O) groups is 1. The summed E-state index contributed by atoms with van der Waals surface area (Å²) in [6, 6.07) is 6.32. The molecule has 1 amide bonds. The van der Waals surface area contributed by atoms with E-state index in [-0.39, 0.29) is 18.0 Å². The van der Waals surface area contributed by atoms with E-state index in [9.17, 15) is 4.79 Å². The van der Waals surface area contributed by atoms with E-state index in [1.165, 1.54) is 0 Å². The van der Waals surface area contributed by atoms with E-state index >= 15 is 0 Å². The Morgan fingerprint density at radius 2 is 2.27 bits per heavy atom. The number of nitrogens with one attached hydrogen (secondary N) is 1. The van der Waals surface area contributed by atoms with Crippen molar-refractivity contribution in [2.24, 2.45) is 0 Å². The summed E-state index contributed by atoms with van der Waals surface area (Å²) in [7, 11) is 0. The molecule has 0 radical (unpaired) electrons. The van der Waals surface area contributed by atoms with Crippen molar-refractivity contribution in [1.82, 2.24) is 25.0 Å². The third kappa shape index (κ3) is 2.91. The zero-order chi connectivity index (χ0) is 18.3. The molecule has 3 aromatic rings. The minimum absolute atomic E-state index is 0.0625. The first-order valence-corrected chi connectivity index (χ1v) is 9.88. The van der Waals surface area contributed by atoms with E-state index < -0.39 is 0 Å². The third-order valence-electron chi connectivity index (χ3n) is 4.82. The average Bonchev–Trinajstić information content (AvgIpc) is 3.30. The highest BCUT2D eigenvalue weighted by atomic mass is 32.1. The van der Waals surface area contributed by atoms with Crippen molar-refractivity contribution in [2.75, 3.05) is 19.6 Å². The van der Waals surface area contributed by atoms with Gasteiger partial charge in [0.15, 0.2) is 5.65 Å². The van der Waals surface area contributed by atoms with Crippen molar-refractivity contribution in [2.45, 2.75) is 32.9 Å². The highest BCUT2D eigenvalue weighted by Gasteiger charge is 2.27. The molecule has 0 unspecified atom stereocenters. The molecule has 4 rings (SSSR count). The summed E-state index contributed by atoms with van der Waals surface area (Å²) in [5, 5.41) is 10.7. The van der Waals surface area contributed by atoms with Gasteiger partial charge in [-0.25, -0.2) is 9.67 Å². The van der Waals surface area contributed by atoms with Crippen LogP contribution in [0.5, 0.6) is 0 Å². The predicted octanol–water partition coefficient (Wildman–Crippen LogP) is 3.17. The second kappa shape index (κ2) is 6.81. The molecular formula is C19H23N5OS. The maximum absolute atomic E-state index is 13.4. The predicted molar refractivity (Wildman–Crippen MR) is 105 cm³/mol. The van der Waals surface area contributed by atoms with E-state index in [1.54, 1.807) is 17.5 Å². The highest BCUT2D eigenvalue weighted by molar-refractivity contribution is 7.13. The second-order valence-electron chi connectivity index (χ2n) is 7.00. The molecule has 136 valence electrons. The molecule has 4 heterocycles. The van der Waals surface area contributed by atoms with Crippen LogP contribution in [0.15, 0.2) is 29.8 Å². The number of fused-ring (bicyclic) bond motifs is 1. The smallest absolute Gasteiger partial charge is 0.255 e. The van der Waals surface area contributed by atoms with Gasteiger partial charge < -0.3 is 10.2 Å². The van der Waals surface area contributed by atoms with Crippen molar-refractivity contribution < 1.29 is 4.79 Å². The lowest BCUT2D eigenvalue weighted by atomic mass is 10.1. The minimum atomic E-state index is 0.0625. The minimum Gasteiger partial charge on any atom is -0.333 e. The molecule has 0 spiro atoms. The normalized spacial score (nSPS) is 18.0. The second-order valence-corrected chi connectivity index (χ2v) is 7.95. The van der Waals surface area contributed by atoms with Gasteiger partial charge in [-0.3, -0.25) is 4.79 Å². The maximum atomic E-state index is 13.4. The van der Waals surface area contributed by atoms with Crippen LogP contribution in [0.1, 0.15) is 37.2 Å². The van der Waals surface area contributed by atoms with E-state index in [1.807, 2.05) is 33.2 Å². The van der Waals surface area contributed by atoms with Crippen LogP contribution < -0.4 is 5.32 Å². The fourth-order valence-corrected chi connectivity index (χ4v) is 4.11. The summed E-state index contributed by atoms with van der Waals surface area (Å²) in [5.74, 6) is 0.0625. The van der Waals surface area contributed by atoms with Crippen molar-refractivity contribution in [3.8, 4) is 10.6 Å². The first kappa shape index (κ1) is 17.2. The number of aromatic nitrogens is 3. The van der Waals surface area contributed by atoms with Gasteiger partial charge in [-0.2, -0.15) is 5.10 Å². The molecule has 0 aromatic carbocycles. The molecule has 26 heavy (non-hydrogen) atoms. The number of hydrogen-bond donors (Lipinski definition) is 1. The molecule has 1 aliphatic rings. The standard InChI is InChI=1S/C19H23N5OS/c1-12(2)24-18-15(11-21-24)14(9-16(22-18)17-5-4-8-26-17)19(25)23-7-6-20-10-13(23)3/h4-5,8-9,11-13,20H,6-7,10H2,1-3H3/t13-/m0/s1. The molecule has 1 aliphatic heterocycles. The van der Waals surface area contributed by atoms with Crippen molar-refractivity contribution in [3.05, 3.63) is 35.3 Å².